The first-order valence-electron chi connectivity index (χ1n) is 11.2. The van der Waals surface area contributed by atoms with Crippen LogP contribution in [0.4, 0.5) is 4.79 Å². The van der Waals surface area contributed by atoms with Crippen molar-refractivity contribution in [2.24, 2.45) is 0 Å². The van der Waals surface area contributed by atoms with Crippen LogP contribution >= 0.6 is 12.6 Å². The van der Waals surface area contributed by atoms with Crippen molar-refractivity contribution in [3.05, 3.63) is 34.9 Å². The van der Waals surface area contributed by atoms with Gasteiger partial charge in [-0.15, -0.1) is 0 Å². The zero-order valence-electron chi connectivity index (χ0n) is 20.4. The number of carbonyl (C=O) groups excluding carboxylic acids is 3. The van der Waals surface area contributed by atoms with Crippen LogP contribution in [0, 0.1) is 13.8 Å². The second-order valence-electron chi connectivity index (χ2n) is 8.86. The quantitative estimate of drug-likeness (QED) is 0.361. The molecule has 0 spiro atoms. The maximum atomic E-state index is 13.5. The summed E-state index contributed by atoms with van der Waals surface area (Å²) >= 11 is 4.27. The van der Waals surface area contributed by atoms with E-state index < -0.39 is 23.8 Å². The molecule has 7 nitrogen and oxygen atoms in total. The monoisotopic (exact) mass is 465 g/mol. The number of aryl methyl sites for hydroxylation is 2. The van der Waals surface area contributed by atoms with E-state index in [0.29, 0.717) is 13.1 Å². The number of likely N-dealkylation sites (N-methyl/N-ethyl adjacent to an activating group) is 1. The smallest absolute Gasteiger partial charge is 0.408 e. The highest BCUT2D eigenvalue weighted by atomic mass is 32.1. The molecule has 0 radical (unpaired) electrons. The van der Waals surface area contributed by atoms with Gasteiger partial charge in [0.25, 0.3) is 0 Å². The number of hydrogen-bond donors (Lipinski definition) is 3. The molecular formula is C24H39N3O4S. The van der Waals surface area contributed by atoms with Crippen LogP contribution in [0.15, 0.2) is 18.2 Å². The number of hydrogen-bond acceptors (Lipinski definition) is 5. The summed E-state index contributed by atoms with van der Waals surface area (Å²) in [4.78, 5) is 40.6. The highest BCUT2D eigenvalue weighted by Gasteiger charge is 2.36. The van der Waals surface area contributed by atoms with Crippen molar-refractivity contribution in [1.82, 2.24) is 15.5 Å². The average molecular weight is 466 g/mol. The fourth-order valence-corrected chi connectivity index (χ4v) is 3.72. The Bertz CT molecular complexity index is 772. The molecule has 0 aliphatic rings. The first-order valence-corrected chi connectivity index (χ1v) is 11.8. The average Bonchev–Trinajstić information content (AvgIpc) is 2.69. The first kappa shape index (κ1) is 27.8. The van der Waals surface area contributed by atoms with Crippen LogP contribution in [0.3, 0.4) is 0 Å². The van der Waals surface area contributed by atoms with Crippen LogP contribution in [0.1, 0.15) is 70.2 Å². The van der Waals surface area contributed by atoms with Crippen molar-refractivity contribution in [2.75, 3.05) is 18.8 Å². The predicted molar refractivity (Wildman–Crippen MR) is 131 cm³/mol. The summed E-state index contributed by atoms with van der Waals surface area (Å²) in [5.41, 5.74) is 1.95. The van der Waals surface area contributed by atoms with Crippen LogP contribution in [-0.4, -0.2) is 53.3 Å². The molecule has 0 aliphatic carbocycles. The second-order valence-corrected chi connectivity index (χ2v) is 9.22. The number of carbonyl (C=O) groups is 3. The molecule has 2 N–H and O–H groups in total. The third kappa shape index (κ3) is 8.04. The van der Waals surface area contributed by atoms with Gasteiger partial charge < -0.3 is 20.3 Å². The summed E-state index contributed by atoms with van der Waals surface area (Å²) in [6, 6.07) is 4.06. The van der Waals surface area contributed by atoms with E-state index in [2.05, 4.69) is 30.2 Å². The maximum Gasteiger partial charge on any atom is 0.408 e. The van der Waals surface area contributed by atoms with Gasteiger partial charge in [-0.25, -0.2) is 4.79 Å². The lowest BCUT2D eigenvalue weighted by Crippen LogP contribution is -2.54. The van der Waals surface area contributed by atoms with Crippen LogP contribution in [0.2, 0.25) is 0 Å². The molecule has 0 heterocycles. The van der Waals surface area contributed by atoms with Gasteiger partial charge in [0.15, 0.2) is 0 Å². The molecule has 8 heteroatoms. The second kappa shape index (κ2) is 12.7. The predicted octanol–water partition coefficient (Wildman–Crippen LogP) is 3.93. The van der Waals surface area contributed by atoms with E-state index in [1.54, 1.807) is 20.8 Å². The van der Waals surface area contributed by atoms with E-state index in [4.69, 9.17) is 4.74 Å². The molecule has 0 bridgehead atoms. The number of unbranched alkanes of at least 4 members (excludes halogenated alkanes) is 1. The summed E-state index contributed by atoms with van der Waals surface area (Å²) in [7, 11) is 0. The van der Waals surface area contributed by atoms with Crippen LogP contribution in [0.5, 0.6) is 0 Å². The molecule has 1 aromatic rings. The highest BCUT2D eigenvalue weighted by molar-refractivity contribution is 7.80. The lowest BCUT2D eigenvalue weighted by atomic mass is 9.93. The first-order chi connectivity index (χ1) is 15.0. The molecule has 180 valence electrons. The van der Waals surface area contributed by atoms with Gasteiger partial charge in [0.05, 0.1) is 0 Å². The highest BCUT2D eigenvalue weighted by Crippen LogP contribution is 2.28. The molecule has 0 aromatic heterocycles. The number of benzene rings is 1. The van der Waals surface area contributed by atoms with Crippen LogP contribution in [0.25, 0.3) is 0 Å². The molecule has 0 saturated carbocycles. The summed E-state index contributed by atoms with van der Waals surface area (Å²) in [5.74, 6) is -0.543. The third-order valence-electron chi connectivity index (χ3n) is 5.00. The summed E-state index contributed by atoms with van der Waals surface area (Å²) in [5, 5.41) is 5.58. The number of rotatable bonds is 10. The minimum atomic E-state index is -0.927. The van der Waals surface area contributed by atoms with E-state index in [-0.39, 0.29) is 17.6 Å². The normalized spacial score (nSPS) is 13.1. The summed E-state index contributed by atoms with van der Waals surface area (Å²) < 4.78 is 5.30. The van der Waals surface area contributed by atoms with E-state index in [1.807, 2.05) is 39.0 Å². The lowest BCUT2D eigenvalue weighted by Gasteiger charge is -2.34. The Labute approximate surface area is 198 Å². The molecule has 3 amide bonds. The van der Waals surface area contributed by atoms with Crippen molar-refractivity contribution in [3.63, 3.8) is 0 Å². The number of nitrogens with zero attached hydrogens (tertiary/aromatic N) is 1. The maximum absolute atomic E-state index is 13.5. The number of ether oxygens (including phenoxy) is 1. The van der Waals surface area contributed by atoms with Crippen molar-refractivity contribution in [1.29, 1.82) is 0 Å². The van der Waals surface area contributed by atoms with Gasteiger partial charge in [-0.1, -0.05) is 31.5 Å². The number of thiol groups is 1. The molecule has 2 unspecified atom stereocenters. The summed E-state index contributed by atoms with van der Waals surface area (Å²) in [6.45, 7) is 13.8. The molecule has 0 saturated heterocycles. The van der Waals surface area contributed by atoms with E-state index in [1.165, 1.54) is 4.90 Å². The van der Waals surface area contributed by atoms with Crippen molar-refractivity contribution in [2.45, 2.75) is 79.0 Å². The van der Waals surface area contributed by atoms with E-state index >= 15 is 0 Å². The summed E-state index contributed by atoms with van der Waals surface area (Å²) in [6.07, 6.45) is 1.11. The Morgan fingerprint density at radius 1 is 1.12 bits per heavy atom. The van der Waals surface area contributed by atoms with E-state index in [9.17, 15) is 14.4 Å². The Morgan fingerprint density at radius 2 is 1.72 bits per heavy atom. The van der Waals surface area contributed by atoms with Crippen molar-refractivity contribution in [3.8, 4) is 0 Å². The van der Waals surface area contributed by atoms with E-state index in [0.717, 1.165) is 29.5 Å². The molecular weight excluding hydrogens is 426 g/mol. The van der Waals surface area contributed by atoms with Gasteiger partial charge in [0.2, 0.25) is 11.8 Å². The zero-order valence-corrected chi connectivity index (χ0v) is 21.3. The van der Waals surface area contributed by atoms with Gasteiger partial charge >= 0.3 is 6.09 Å². The minimum Gasteiger partial charge on any atom is -0.444 e. The topological polar surface area (TPSA) is 87.7 Å². The molecule has 1 aromatic carbocycles. The van der Waals surface area contributed by atoms with Crippen LogP contribution in [-0.2, 0) is 14.3 Å². The van der Waals surface area contributed by atoms with Crippen molar-refractivity contribution < 1.29 is 19.1 Å². The lowest BCUT2D eigenvalue weighted by molar-refractivity contribution is -0.141. The molecule has 2 atom stereocenters. The Morgan fingerprint density at radius 3 is 2.19 bits per heavy atom. The minimum absolute atomic E-state index is 0.0749. The molecule has 32 heavy (non-hydrogen) atoms. The third-order valence-corrected chi connectivity index (χ3v) is 5.37. The molecule has 0 aliphatic heterocycles. The number of alkyl carbamates (subject to hydrolysis) is 1. The van der Waals surface area contributed by atoms with Crippen LogP contribution < -0.4 is 10.6 Å². The Kier molecular flexibility index (Phi) is 11.1. The number of amides is 3. The van der Waals surface area contributed by atoms with Crippen molar-refractivity contribution >= 4 is 30.5 Å². The van der Waals surface area contributed by atoms with Gasteiger partial charge in [-0.2, -0.15) is 12.6 Å². The van der Waals surface area contributed by atoms with Gasteiger partial charge in [0.1, 0.15) is 17.7 Å². The molecule has 1 rings (SSSR count). The standard InChI is InChI=1S/C24H39N3O4S/c1-8-10-14-25-21(28)20(19-16(3)12-11-13-17(19)4)27(9-2)22(29)18(15-32)26-23(30)31-24(5,6)7/h11-13,18,20,32H,8-10,14-15H2,1-7H3,(H,25,28)(H,26,30). The molecule has 0 fully saturated rings. The fourth-order valence-electron chi connectivity index (χ4n) is 3.47. The Balaban J connectivity index is 3.30. The fraction of sp³-hybridized carbons (Fsp3) is 0.625. The largest absolute Gasteiger partial charge is 0.444 e. The van der Waals surface area contributed by atoms with Gasteiger partial charge in [-0.05, 0) is 64.7 Å². The SMILES string of the molecule is CCCCNC(=O)C(c1c(C)cccc1C)N(CC)C(=O)C(CS)NC(=O)OC(C)(C)C. The zero-order chi connectivity index (χ0) is 24.5. The van der Waals surface area contributed by atoms with Gasteiger partial charge in [0, 0.05) is 18.8 Å². The number of nitrogens with one attached hydrogen (secondary N) is 2. The Hall–Kier alpha value is -2.22. The van der Waals surface area contributed by atoms with Gasteiger partial charge in [-0.3, -0.25) is 9.59 Å².